The number of fused-ring (bicyclic) bond motifs is 1. The molecular weight excluding hydrogens is 402 g/mol. The van der Waals surface area contributed by atoms with Crippen LogP contribution in [-0.2, 0) is 21.2 Å². The molecule has 2 heterocycles. The van der Waals surface area contributed by atoms with Gasteiger partial charge in [-0.05, 0) is 55.9 Å². The number of piperidine rings is 1. The van der Waals surface area contributed by atoms with Gasteiger partial charge in [0.15, 0.2) is 0 Å². The highest BCUT2D eigenvalue weighted by Gasteiger charge is 2.30. The second-order valence-electron chi connectivity index (χ2n) is 8.84. The van der Waals surface area contributed by atoms with Gasteiger partial charge >= 0.3 is 0 Å². The van der Waals surface area contributed by atoms with Crippen molar-refractivity contribution in [2.24, 2.45) is 5.92 Å². The van der Waals surface area contributed by atoms with Crippen LogP contribution in [0.4, 0.5) is 5.69 Å². The van der Waals surface area contributed by atoms with Crippen LogP contribution in [0.15, 0.2) is 18.2 Å². The maximum Gasteiger partial charge on any atom is 0.251 e. The number of carbonyl (C=O) groups excluding carboxylic acids is 2. The number of nitrogens with zero attached hydrogens (tertiary/aromatic N) is 2. The Morgan fingerprint density at radius 3 is 2.37 bits per heavy atom. The Bertz CT molecular complexity index is 916. The Balaban J connectivity index is 1.32. The number of amides is 2. The van der Waals surface area contributed by atoms with E-state index in [0.29, 0.717) is 43.2 Å². The van der Waals surface area contributed by atoms with Gasteiger partial charge < -0.3 is 10.2 Å². The highest BCUT2D eigenvalue weighted by Crippen LogP contribution is 2.31. The normalized spacial score (nSPS) is 20.8. The molecule has 1 saturated heterocycles. The predicted molar refractivity (Wildman–Crippen MR) is 116 cm³/mol. The highest BCUT2D eigenvalue weighted by molar-refractivity contribution is 7.92. The molecule has 2 aliphatic heterocycles. The Labute approximate surface area is 178 Å². The van der Waals surface area contributed by atoms with E-state index in [0.717, 1.165) is 44.1 Å². The van der Waals surface area contributed by atoms with E-state index >= 15 is 0 Å². The molecule has 0 atom stereocenters. The predicted octanol–water partition coefficient (Wildman–Crippen LogP) is 2.31. The van der Waals surface area contributed by atoms with Crippen molar-refractivity contribution < 1.29 is 18.0 Å². The summed E-state index contributed by atoms with van der Waals surface area (Å²) in [6, 6.07) is 5.29. The first-order valence-electron chi connectivity index (χ1n) is 11.0. The molecular formula is C22H31N3O4S. The third-order valence-electron chi connectivity index (χ3n) is 6.69. The number of hydrogen-bond acceptors (Lipinski definition) is 4. The van der Waals surface area contributed by atoms with Crippen molar-refractivity contribution in [2.75, 3.05) is 30.2 Å². The van der Waals surface area contributed by atoms with Crippen LogP contribution in [-0.4, -0.2) is 57.1 Å². The van der Waals surface area contributed by atoms with Crippen molar-refractivity contribution in [3.05, 3.63) is 29.3 Å². The zero-order chi connectivity index (χ0) is 21.3. The second kappa shape index (κ2) is 8.57. The molecule has 7 nitrogen and oxygen atoms in total. The summed E-state index contributed by atoms with van der Waals surface area (Å²) in [5, 5.41) is 3.10. The molecule has 0 aromatic heterocycles. The first-order chi connectivity index (χ1) is 14.3. The van der Waals surface area contributed by atoms with Crippen molar-refractivity contribution >= 4 is 27.5 Å². The molecule has 1 N–H and O–H groups in total. The van der Waals surface area contributed by atoms with Gasteiger partial charge in [-0.1, -0.05) is 19.3 Å². The lowest BCUT2D eigenvalue weighted by molar-refractivity contribution is -0.137. The number of anilines is 1. The summed E-state index contributed by atoms with van der Waals surface area (Å²) >= 11 is 0. The first-order valence-corrected chi connectivity index (χ1v) is 12.9. The molecule has 8 heteroatoms. The Morgan fingerprint density at radius 2 is 1.70 bits per heavy atom. The van der Waals surface area contributed by atoms with Crippen molar-refractivity contribution in [2.45, 2.75) is 57.4 Å². The molecule has 4 rings (SSSR count). The molecule has 30 heavy (non-hydrogen) atoms. The van der Waals surface area contributed by atoms with Gasteiger partial charge in [0.2, 0.25) is 15.9 Å². The number of hydrogen-bond donors (Lipinski definition) is 1. The Kier molecular flexibility index (Phi) is 6.04. The fourth-order valence-corrected chi connectivity index (χ4v) is 5.94. The summed E-state index contributed by atoms with van der Waals surface area (Å²) in [6.07, 6.45) is 8.96. The lowest BCUT2D eigenvalue weighted by Gasteiger charge is -2.35. The van der Waals surface area contributed by atoms with Crippen LogP contribution in [0.3, 0.4) is 0 Å². The van der Waals surface area contributed by atoms with E-state index < -0.39 is 10.0 Å². The summed E-state index contributed by atoms with van der Waals surface area (Å²) in [6.45, 7) is 1.83. The van der Waals surface area contributed by atoms with E-state index in [2.05, 4.69) is 5.32 Å². The van der Waals surface area contributed by atoms with E-state index in [1.54, 1.807) is 18.2 Å². The van der Waals surface area contributed by atoms with Crippen LogP contribution in [0, 0.1) is 5.92 Å². The number of sulfonamides is 1. The summed E-state index contributed by atoms with van der Waals surface area (Å²) in [7, 11) is -3.29. The topological polar surface area (TPSA) is 86.8 Å². The van der Waals surface area contributed by atoms with Crippen molar-refractivity contribution in [1.29, 1.82) is 0 Å². The lowest BCUT2D eigenvalue weighted by Crippen LogP contribution is -2.48. The monoisotopic (exact) mass is 433 g/mol. The largest absolute Gasteiger partial charge is 0.349 e. The maximum atomic E-state index is 12.7. The van der Waals surface area contributed by atoms with Gasteiger partial charge in [0.25, 0.3) is 5.91 Å². The number of likely N-dealkylation sites (tertiary alicyclic amines) is 1. The average molecular weight is 434 g/mol. The molecule has 1 aromatic carbocycles. The van der Waals surface area contributed by atoms with E-state index in [4.69, 9.17) is 0 Å². The zero-order valence-electron chi connectivity index (χ0n) is 17.6. The van der Waals surface area contributed by atoms with Gasteiger partial charge in [-0.15, -0.1) is 0 Å². The first kappa shape index (κ1) is 21.2. The molecule has 2 amide bonds. The third kappa shape index (κ3) is 4.48. The van der Waals surface area contributed by atoms with Gasteiger partial charge in [-0.25, -0.2) is 8.42 Å². The summed E-state index contributed by atoms with van der Waals surface area (Å²) in [5.41, 5.74) is 2.12. The van der Waals surface area contributed by atoms with E-state index in [1.807, 2.05) is 4.90 Å². The zero-order valence-corrected chi connectivity index (χ0v) is 18.4. The van der Waals surface area contributed by atoms with Gasteiger partial charge in [0, 0.05) is 37.2 Å². The standard InChI is InChI=1S/C22H31N3O4S/c1-30(28,29)25-14-9-17-15-18(7-8-20(17)25)21(26)23-19-10-12-24(13-11-19)22(27)16-5-3-2-4-6-16/h7-8,15-16,19H,2-6,9-14H2,1H3,(H,23,26). The quantitative estimate of drug-likeness (QED) is 0.789. The second-order valence-corrected chi connectivity index (χ2v) is 10.7. The Hall–Kier alpha value is -2.09. The number of rotatable bonds is 4. The van der Waals surface area contributed by atoms with Crippen molar-refractivity contribution in [3.63, 3.8) is 0 Å². The molecule has 3 aliphatic rings. The molecule has 1 aromatic rings. The minimum Gasteiger partial charge on any atom is -0.349 e. The average Bonchev–Trinajstić information content (AvgIpc) is 3.18. The van der Waals surface area contributed by atoms with Gasteiger partial charge in [-0.2, -0.15) is 0 Å². The van der Waals surface area contributed by atoms with Crippen LogP contribution in [0.1, 0.15) is 60.9 Å². The van der Waals surface area contributed by atoms with Gasteiger partial charge in [0.05, 0.1) is 11.9 Å². The van der Waals surface area contributed by atoms with Gasteiger partial charge in [0.1, 0.15) is 0 Å². The molecule has 1 saturated carbocycles. The fraction of sp³-hybridized carbons (Fsp3) is 0.636. The van der Waals surface area contributed by atoms with Crippen molar-refractivity contribution in [3.8, 4) is 0 Å². The molecule has 164 valence electrons. The summed E-state index contributed by atoms with van der Waals surface area (Å²) in [4.78, 5) is 27.4. The highest BCUT2D eigenvalue weighted by atomic mass is 32.2. The molecule has 2 fully saturated rings. The fourth-order valence-electron chi connectivity index (χ4n) is 4.98. The molecule has 1 aliphatic carbocycles. The molecule has 0 spiro atoms. The maximum absolute atomic E-state index is 12.7. The van der Waals surface area contributed by atoms with Crippen LogP contribution >= 0.6 is 0 Å². The van der Waals surface area contributed by atoms with E-state index in [-0.39, 0.29) is 17.9 Å². The number of nitrogens with one attached hydrogen (secondary N) is 1. The Morgan fingerprint density at radius 1 is 1.00 bits per heavy atom. The summed E-state index contributed by atoms with van der Waals surface area (Å²) in [5.74, 6) is 0.365. The number of carbonyl (C=O) groups is 2. The number of benzene rings is 1. The molecule has 0 bridgehead atoms. The smallest absolute Gasteiger partial charge is 0.251 e. The lowest BCUT2D eigenvalue weighted by atomic mass is 9.87. The van der Waals surface area contributed by atoms with Crippen LogP contribution < -0.4 is 9.62 Å². The summed E-state index contributed by atoms with van der Waals surface area (Å²) < 4.78 is 25.1. The van der Waals surface area contributed by atoms with Crippen molar-refractivity contribution in [1.82, 2.24) is 10.2 Å². The SMILES string of the molecule is CS(=O)(=O)N1CCc2cc(C(=O)NC3CCN(C(=O)C4CCCCC4)CC3)ccc21. The van der Waals surface area contributed by atoms with E-state index in [9.17, 15) is 18.0 Å². The minimum absolute atomic E-state index is 0.0636. The van der Waals surface area contributed by atoms with E-state index in [1.165, 1.54) is 17.0 Å². The van der Waals surface area contributed by atoms with Crippen LogP contribution in [0.25, 0.3) is 0 Å². The minimum atomic E-state index is -3.29. The van der Waals surface area contributed by atoms with Crippen LogP contribution in [0.5, 0.6) is 0 Å². The van der Waals surface area contributed by atoms with Crippen LogP contribution in [0.2, 0.25) is 0 Å². The van der Waals surface area contributed by atoms with Gasteiger partial charge in [-0.3, -0.25) is 13.9 Å². The molecule has 0 radical (unpaired) electrons. The molecule has 0 unspecified atom stereocenters. The third-order valence-corrected chi connectivity index (χ3v) is 7.87.